The third kappa shape index (κ3) is 2.99. The van der Waals surface area contributed by atoms with Gasteiger partial charge in [0.05, 0.1) is 6.10 Å². The van der Waals surface area contributed by atoms with E-state index in [1.54, 1.807) is 12.1 Å². The molecule has 1 aromatic carbocycles. The minimum atomic E-state index is -0.142. The van der Waals surface area contributed by atoms with E-state index < -0.39 is 0 Å². The van der Waals surface area contributed by atoms with Gasteiger partial charge in [0.15, 0.2) is 0 Å². The third-order valence-electron chi connectivity index (χ3n) is 3.61. The molecule has 0 aliphatic heterocycles. The van der Waals surface area contributed by atoms with Crippen molar-refractivity contribution in [3.8, 4) is 5.75 Å². The van der Waals surface area contributed by atoms with Gasteiger partial charge in [-0.1, -0.05) is 25.0 Å². The average molecular weight is 220 g/mol. The van der Waals surface area contributed by atoms with E-state index in [2.05, 4.69) is 0 Å². The quantitative estimate of drug-likeness (QED) is 0.819. The van der Waals surface area contributed by atoms with E-state index in [1.165, 1.54) is 31.2 Å². The maximum atomic E-state index is 10.0. The van der Waals surface area contributed by atoms with Crippen LogP contribution < -0.4 is 0 Å². The molecule has 0 aromatic heterocycles. The summed E-state index contributed by atoms with van der Waals surface area (Å²) in [4.78, 5) is 0. The van der Waals surface area contributed by atoms with Crippen LogP contribution in [0.4, 0.5) is 0 Å². The third-order valence-corrected chi connectivity index (χ3v) is 3.61. The summed E-state index contributed by atoms with van der Waals surface area (Å²) >= 11 is 0. The van der Waals surface area contributed by atoms with Gasteiger partial charge in [-0.2, -0.15) is 0 Å². The molecule has 1 aromatic rings. The van der Waals surface area contributed by atoms with E-state index >= 15 is 0 Å². The first-order valence-corrected chi connectivity index (χ1v) is 6.21. The first kappa shape index (κ1) is 11.5. The van der Waals surface area contributed by atoms with Crippen molar-refractivity contribution in [1.82, 2.24) is 0 Å². The first-order valence-electron chi connectivity index (χ1n) is 6.21. The number of hydrogen-bond acceptors (Lipinski definition) is 2. The lowest BCUT2D eigenvalue weighted by Gasteiger charge is -2.17. The predicted molar refractivity (Wildman–Crippen MR) is 64.4 cm³/mol. The molecule has 1 aliphatic rings. The molecule has 0 bridgehead atoms. The van der Waals surface area contributed by atoms with E-state index in [4.69, 9.17) is 5.11 Å². The van der Waals surface area contributed by atoms with Gasteiger partial charge in [0.1, 0.15) is 5.75 Å². The van der Waals surface area contributed by atoms with Crippen molar-refractivity contribution in [3.63, 3.8) is 0 Å². The Labute approximate surface area is 96.9 Å². The van der Waals surface area contributed by atoms with Gasteiger partial charge in [-0.3, -0.25) is 0 Å². The number of phenols is 1. The topological polar surface area (TPSA) is 40.5 Å². The fourth-order valence-corrected chi connectivity index (χ4v) is 2.56. The Morgan fingerprint density at radius 3 is 2.38 bits per heavy atom. The lowest BCUT2D eigenvalue weighted by atomic mass is 9.95. The molecule has 16 heavy (non-hydrogen) atoms. The van der Waals surface area contributed by atoms with Gasteiger partial charge in [-0.25, -0.2) is 0 Å². The van der Waals surface area contributed by atoms with E-state index in [-0.39, 0.29) is 6.10 Å². The smallest absolute Gasteiger partial charge is 0.115 e. The van der Waals surface area contributed by atoms with E-state index in [0.717, 1.165) is 12.8 Å². The second-order valence-electron chi connectivity index (χ2n) is 4.82. The average Bonchev–Trinajstić information content (AvgIpc) is 2.81. The standard InChI is InChI=1S/C14H20O2/c15-13-8-5-11(6-9-13)7-10-14(16)12-3-1-2-4-12/h5-6,8-9,12,14-16H,1-4,7,10H2. The van der Waals surface area contributed by atoms with Crippen molar-refractivity contribution in [2.75, 3.05) is 0 Å². The van der Waals surface area contributed by atoms with Gasteiger partial charge in [-0.15, -0.1) is 0 Å². The molecule has 1 atom stereocenters. The van der Waals surface area contributed by atoms with Gasteiger partial charge in [0.2, 0.25) is 0 Å². The van der Waals surface area contributed by atoms with Crippen LogP contribution in [0, 0.1) is 5.92 Å². The number of benzene rings is 1. The van der Waals surface area contributed by atoms with Crippen LogP contribution in [-0.4, -0.2) is 16.3 Å². The number of hydrogen-bond donors (Lipinski definition) is 2. The fraction of sp³-hybridized carbons (Fsp3) is 0.571. The van der Waals surface area contributed by atoms with Crippen LogP contribution in [0.15, 0.2) is 24.3 Å². The number of aryl methyl sites for hydroxylation is 1. The zero-order valence-electron chi connectivity index (χ0n) is 9.60. The predicted octanol–water partition coefficient (Wildman–Crippen LogP) is 2.88. The molecule has 1 aliphatic carbocycles. The molecule has 1 saturated carbocycles. The van der Waals surface area contributed by atoms with E-state index in [9.17, 15) is 5.11 Å². The maximum Gasteiger partial charge on any atom is 0.115 e. The summed E-state index contributed by atoms with van der Waals surface area (Å²) in [6.07, 6.45) is 6.54. The van der Waals surface area contributed by atoms with Gasteiger partial charge in [-0.05, 0) is 49.3 Å². The van der Waals surface area contributed by atoms with Crippen LogP contribution in [-0.2, 0) is 6.42 Å². The van der Waals surface area contributed by atoms with Crippen molar-refractivity contribution in [2.24, 2.45) is 5.92 Å². The summed E-state index contributed by atoms with van der Waals surface area (Å²) in [5, 5.41) is 19.2. The summed E-state index contributed by atoms with van der Waals surface area (Å²) < 4.78 is 0. The highest BCUT2D eigenvalue weighted by molar-refractivity contribution is 5.25. The molecule has 0 saturated heterocycles. The Bertz CT molecular complexity index is 312. The SMILES string of the molecule is Oc1ccc(CCC(O)C2CCCC2)cc1. The minimum absolute atomic E-state index is 0.142. The molecule has 0 amide bonds. The lowest BCUT2D eigenvalue weighted by molar-refractivity contribution is 0.102. The van der Waals surface area contributed by atoms with E-state index in [1.807, 2.05) is 12.1 Å². The Kier molecular flexibility index (Phi) is 3.83. The Morgan fingerprint density at radius 1 is 1.12 bits per heavy atom. The minimum Gasteiger partial charge on any atom is -0.508 e. The molecule has 2 rings (SSSR count). The second-order valence-corrected chi connectivity index (χ2v) is 4.82. The van der Waals surface area contributed by atoms with Crippen molar-refractivity contribution < 1.29 is 10.2 Å². The molecule has 1 fully saturated rings. The van der Waals surface area contributed by atoms with Crippen LogP contribution in [0.2, 0.25) is 0 Å². The molecule has 0 spiro atoms. The van der Waals surface area contributed by atoms with Crippen LogP contribution in [0.3, 0.4) is 0 Å². The molecule has 0 heterocycles. The zero-order valence-corrected chi connectivity index (χ0v) is 9.60. The summed E-state index contributed by atoms with van der Waals surface area (Å²) in [6.45, 7) is 0. The normalized spacial score (nSPS) is 18.8. The van der Waals surface area contributed by atoms with Gasteiger partial charge >= 0.3 is 0 Å². The Morgan fingerprint density at radius 2 is 1.75 bits per heavy atom. The largest absolute Gasteiger partial charge is 0.508 e. The Balaban J connectivity index is 1.80. The Hall–Kier alpha value is -1.02. The number of aliphatic hydroxyl groups excluding tert-OH is 1. The van der Waals surface area contributed by atoms with Gasteiger partial charge in [0, 0.05) is 0 Å². The van der Waals surface area contributed by atoms with Crippen molar-refractivity contribution in [2.45, 2.75) is 44.6 Å². The van der Waals surface area contributed by atoms with Crippen LogP contribution in [0.25, 0.3) is 0 Å². The molecular weight excluding hydrogens is 200 g/mol. The highest BCUT2D eigenvalue weighted by Crippen LogP contribution is 2.29. The maximum absolute atomic E-state index is 10.0. The highest BCUT2D eigenvalue weighted by Gasteiger charge is 2.22. The summed E-state index contributed by atoms with van der Waals surface area (Å²) in [5.41, 5.74) is 1.19. The molecule has 2 heteroatoms. The first-order chi connectivity index (χ1) is 7.75. The number of aliphatic hydroxyl groups is 1. The fourth-order valence-electron chi connectivity index (χ4n) is 2.56. The lowest BCUT2D eigenvalue weighted by Crippen LogP contribution is -2.18. The summed E-state index contributed by atoms with van der Waals surface area (Å²) in [6, 6.07) is 7.27. The molecule has 2 nitrogen and oxygen atoms in total. The van der Waals surface area contributed by atoms with Crippen molar-refractivity contribution in [3.05, 3.63) is 29.8 Å². The number of rotatable bonds is 4. The van der Waals surface area contributed by atoms with Crippen LogP contribution in [0.5, 0.6) is 5.75 Å². The zero-order chi connectivity index (χ0) is 11.4. The molecule has 1 unspecified atom stereocenters. The van der Waals surface area contributed by atoms with Gasteiger partial charge in [0.25, 0.3) is 0 Å². The van der Waals surface area contributed by atoms with Crippen LogP contribution >= 0.6 is 0 Å². The van der Waals surface area contributed by atoms with Crippen molar-refractivity contribution >= 4 is 0 Å². The van der Waals surface area contributed by atoms with Crippen molar-refractivity contribution in [1.29, 1.82) is 0 Å². The van der Waals surface area contributed by atoms with Crippen LogP contribution in [0.1, 0.15) is 37.7 Å². The highest BCUT2D eigenvalue weighted by atomic mass is 16.3. The van der Waals surface area contributed by atoms with E-state index in [0.29, 0.717) is 11.7 Å². The molecular formula is C14H20O2. The molecule has 0 radical (unpaired) electrons. The number of phenolic OH excluding ortho intramolecular Hbond substituents is 1. The monoisotopic (exact) mass is 220 g/mol. The molecule has 2 N–H and O–H groups in total. The van der Waals surface area contributed by atoms with Gasteiger partial charge < -0.3 is 10.2 Å². The second kappa shape index (κ2) is 5.35. The summed E-state index contributed by atoms with van der Waals surface area (Å²) in [7, 11) is 0. The number of aromatic hydroxyl groups is 1. The summed E-state index contributed by atoms with van der Waals surface area (Å²) in [5.74, 6) is 0.831. The molecule has 88 valence electrons.